The molecule has 0 N–H and O–H groups in total. The molecule has 11 heteroatoms. The van der Waals surface area contributed by atoms with Crippen LogP contribution in [0.5, 0.6) is 11.8 Å². The molecule has 0 amide bonds. The van der Waals surface area contributed by atoms with Gasteiger partial charge in [0.2, 0.25) is 11.8 Å². The molecule has 0 spiro atoms. The summed E-state index contributed by atoms with van der Waals surface area (Å²) in [6.07, 6.45) is 0. The number of aromatic nitrogens is 2. The SMILES string of the molecule is Cc1ccc(S(=O)(=O)Oc2nc(SC(C)C)nc(OS(=O)(=O)c3ccc(C)cc3)c2C)cc1. The fraction of sp³-hybridized carbons (Fsp3) is 0.273. The maximum atomic E-state index is 12.8. The van der Waals surface area contributed by atoms with Crippen LogP contribution in [0.4, 0.5) is 0 Å². The summed E-state index contributed by atoms with van der Waals surface area (Å²) in [5, 5.41) is 0.162. The molecule has 1 aromatic heterocycles. The van der Waals surface area contributed by atoms with Crippen molar-refractivity contribution in [1.29, 1.82) is 0 Å². The first kappa shape index (κ1) is 25.0. The highest BCUT2D eigenvalue weighted by atomic mass is 32.2. The summed E-state index contributed by atoms with van der Waals surface area (Å²) < 4.78 is 61.8. The zero-order chi connectivity index (χ0) is 24.4. The number of nitrogens with zero attached hydrogens (tertiary/aromatic N) is 2. The van der Waals surface area contributed by atoms with E-state index in [1.165, 1.54) is 43.0 Å². The number of hydrogen-bond donors (Lipinski definition) is 0. The number of thioether (sulfide) groups is 1. The van der Waals surface area contributed by atoms with Gasteiger partial charge < -0.3 is 8.37 Å². The predicted molar refractivity (Wildman–Crippen MR) is 126 cm³/mol. The number of rotatable bonds is 8. The van der Waals surface area contributed by atoms with E-state index in [9.17, 15) is 16.8 Å². The van der Waals surface area contributed by atoms with Gasteiger partial charge in [-0.25, -0.2) is 0 Å². The van der Waals surface area contributed by atoms with Crippen molar-refractivity contribution in [3.63, 3.8) is 0 Å². The molecule has 0 aliphatic carbocycles. The van der Waals surface area contributed by atoms with E-state index < -0.39 is 20.2 Å². The van der Waals surface area contributed by atoms with Gasteiger partial charge in [-0.2, -0.15) is 26.8 Å². The zero-order valence-corrected chi connectivity index (χ0v) is 21.2. The third-order valence-corrected chi connectivity index (χ3v) is 7.69. The highest BCUT2D eigenvalue weighted by molar-refractivity contribution is 7.99. The Labute approximate surface area is 198 Å². The summed E-state index contributed by atoms with van der Waals surface area (Å²) in [6, 6.07) is 12.3. The first-order valence-corrected chi connectivity index (χ1v) is 13.6. The van der Waals surface area contributed by atoms with E-state index in [1.54, 1.807) is 24.3 Å². The minimum atomic E-state index is -4.22. The molecule has 0 atom stereocenters. The molecule has 0 unspecified atom stereocenters. The second-order valence-electron chi connectivity index (χ2n) is 7.61. The first-order valence-electron chi connectivity index (χ1n) is 9.95. The van der Waals surface area contributed by atoms with E-state index in [0.29, 0.717) is 0 Å². The van der Waals surface area contributed by atoms with E-state index in [4.69, 9.17) is 8.37 Å². The van der Waals surface area contributed by atoms with Crippen molar-refractivity contribution in [2.75, 3.05) is 0 Å². The largest absolute Gasteiger partial charge is 0.358 e. The summed E-state index contributed by atoms with van der Waals surface area (Å²) >= 11 is 1.21. The lowest BCUT2D eigenvalue weighted by atomic mass is 10.2. The Bertz CT molecular complexity index is 1250. The average Bonchev–Trinajstić information content (AvgIpc) is 2.71. The smallest absolute Gasteiger partial charge is 0.340 e. The van der Waals surface area contributed by atoms with Crippen LogP contribution in [-0.2, 0) is 20.2 Å². The molecule has 3 rings (SSSR count). The first-order chi connectivity index (χ1) is 15.4. The van der Waals surface area contributed by atoms with Crippen molar-refractivity contribution >= 4 is 32.0 Å². The van der Waals surface area contributed by atoms with Gasteiger partial charge in [-0.3, -0.25) is 0 Å². The van der Waals surface area contributed by atoms with Gasteiger partial charge in [0.15, 0.2) is 5.16 Å². The minimum Gasteiger partial charge on any atom is -0.358 e. The van der Waals surface area contributed by atoms with Gasteiger partial charge in [0, 0.05) is 5.25 Å². The second-order valence-corrected chi connectivity index (χ2v) is 12.2. The molecule has 0 saturated carbocycles. The fourth-order valence-corrected chi connectivity index (χ4v) is 5.16. The molecule has 0 radical (unpaired) electrons. The van der Waals surface area contributed by atoms with E-state index in [2.05, 4.69) is 9.97 Å². The topological polar surface area (TPSA) is 113 Å². The van der Waals surface area contributed by atoms with Gasteiger partial charge in [0.1, 0.15) is 9.79 Å². The maximum Gasteiger partial charge on any atom is 0.340 e. The van der Waals surface area contributed by atoms with Crippen LogP contribution >= 0.6 is 11.8 Å². The van der Waals surface area contributed by atoms with Crippen molar-refractivity contribution in [2.45, 2.75) is 54.8 Å². The monoisotopic (exact) mass is 508 g/mol. The molecule has 0 aliphatic heterocycles. The molecular weight excluding hydrogens is 484 g/mol. The van der Waals surface area contributed by atoms with Gasteiger partial charge in [-0.1, -0.05) is 61.0 Å². The lowest BCUT2D eigenvalue weighted by molar-refractivity contribution is 0.449. The van der Waals surface area contributed by atoms with Crippen LogP contribution in [0.1, 0.15) is 30.5 Å². The van der Waals surface area contributed by atoms with Gasteiger partial charge in [-0.15, -0.1) is 0 Å². The zero-order valence-electron chi connectivity index (χ0n) is 18.8. The standard InChI is InChI=1S/C22H24N2O6S3/c1-14(2)31-22-23-20(29-32(25,26)18-10-6-15(3)7-11-18)17(5)21(24-22)30-33(27,28)19-12-8-16(4)9-13-19/h6-14H,1-5H3. The average molecular weight is 509 g/mol. The van der Waals surface area contributed by atoms with E-state index in [0.717, 1.165) is 11.1 Å². The molecule has 0 bridgehead atoms. The molecule has 0 fully saturated rings. The predicted octanol–water partition coefficient (Wildman–Crippen LogP) is 4.44. The lowest BCUT2D eigenvalue weighted by Crippen LogP contribution is -2.15. The molecule has 176 valence electrons. The van der Waals surface area contributed by atoms with E-state index >= 15 is 0 Å². The second kappa shape index (κ2) is 9.70. The number of aryl methyl sites for hydroxylation is 2. The van der Waals surface area contributed by atoms with Gasteiger partial charge in [0.05, 0.1) is 5.56 Å². The summed E-state index contributed by atoms with van der Waals surface area (Å²) in [6.45, 7) is 8.88. The van der Waals surface area contributed by atoms with Crippen LogP contribution in [0, 0.1) is 20.8 Å². The van der Waals surface area contributed by atoms with Crippen molar-refractivity contribution in [3.8, 4) is 11.8 Å². The molecule has 0 aliphatic rings. The normalized spacial score (nSPS) is 12.1. The van der Waals surface area contributed by atoms with Crippen LogP contribution in [0.3, 0.4) is 0 Å². The Morgan fingerprint density at radius 1 is 0.697 bits per heavy atom. The highest BCUT2D eigenvalue weighted by Crippen LogP contribution is 2.32. The molecular formula is C22H24N2O6S3. The third kappa shape index (κ3) is 6.24. The Hall–Kier alpha value is -2.63. The maximum absolute atomic E-state index is 12.8. The molecule has 2 aromatic carbocycles. The Balaban J connectivity index is 2.03. The van der Waals surface area contributed by atoms with Crippen LogP contribution < -0.4 is 8.37 Å². The highest BCUT2D eigenvalue weighted by Gasteiger charge is 2.26. The van der Waals surface area contributed by atoms with Gasteiger partial charge in [-0.05, 0) is 45.0 Å². The van der Waals surface area contributed by atoms with Crippen molar-refractivity contribution in [2.24, 2.45) is 0 Å². The molecule has 8 nitrogen and oxygen atoms in total. The quantitative estimate of drug-likeness (QED) is 0.248. The number of hydrogen-bond acceptors (Lipinski definition) is 9. The molecule has 0 saturated heterocycles. The van der Waals surface area contributed by atoms with Crippen molar-refractivity contribution < 1.29 is 25.2 Å². The summed E-state index contributed by atoms with van der Waals surface area (Å²) in [7, 11) is -8.44. The summed E-state index contributed by atoms with van der Waals surface area (Å²) in [5.74, 6) is -0.606. The lowest BCUT2D eigenvalue weighted by Gasteiger charge is -2.14. The fourth-order valence-electron chi connectivity index (χ4n) is 2.60. The Morgan fingerprint density at radius 3 is 1.39 bits per heavy atom. The van der Waals surface area contributed by atoms with E-state index in [-0.39, 0.29) is 37.5 Å². The molecule has 3 aromatic rings. The van der Waals surface area contributed by atoms with Gasteiger partial charge in [0.25, 0.3) is 0 Å². The summed E-state index contributed by atoms with van der Waals surface area (Å²) in [5.41, 5.74) is 1.81. The van der Waals surface area contributed by atoms with Crippen LogP contribution in [0.15, 0.2) is 63.5 Å². The Kier molecular flexibility index (Phi) is 7.35. The molecule has 1 heterocycles. The third-order valence-electron chi connectivity index (χ3n) is 4.37. The summed E-state index contributed by atoms with van der Waals surface area (Å²) in [4.78, 5) is 8.27. The Morgan fingerprint density at radius 2 is 1.06 bits per heavy atom. The van der Waals surface area contributed by atoms with Crippen LogP contribution in [0.2, 0.25) is 0 Å². The van der Waals surface area contributed by atoms with Crippen LogP contribution in [0.25, 0.3) is 0 Å². The van der Waals surface area contributed by atoms with E-state index in [1.807, 2.05) is 27.7 Å². The molecule has 33 heavy (non-hydrogen) atoms. The van der Waals surface area contributed by atoms with Crippen molar-refractivity contribution in [1.82, 2.24) is 9.97 Å². The van der Waals surface area contributed by atoms with Crippen molar-refractivity contribution in [3.05, 3.63) is 65.2 Å². The number of benzene rings is 2. The minimum absolute atomic E-state index is 0.0366. The van der Waals surface area contributed by atoms with Crippen LogP contribution in [-0.4, -0.2) is 32.1 Å². The van der Waals surface area contributed by atoms with Gasteiger partial charge >= 0.3 is 20.2 Å².